The van der Waals surface area contributed by atoms with Gasteiger partial charge in [-0.25, -0.2) is 0 Å². The number of amides is 3. The van der Waals surface area contributed by atoms with Crippen LogP contribution in [0, 0.1) is 5.41 Å². The predicted octanol–water partition coefficient (Wildman–Crippen LogP) is 1.06. The number of nitrogens with one attached hydrogen (secondary N) is 2. The van der Waals surface area contributed by atoms with Gasteiger partial charge in [-0.2, -0.15) is 0 Å². The Bertz CT molecular complexity index is 815. The van der Waals surface area contributed by atoms with Crippen LogP contribution >= 0.6 is 0 Å². The summed E-state index contributed by atoms with van der Waals surface area (Å²) in [5.74, 6) is 0.377. The first kappa shape index (κ1) is 22.8. The first-order chi connectivity index (χ1) is 15.0. The molecule has 3 rings (SSSR count). The molecule has 0 bridgehead atoms. The molecule has 2 heterocycles. The molecule has 0 unspecified atom stereocenters. The number of piperidine rings is 1. The van der Waals surface area contributed by atoms with Crippen molar-refractivity contribution >= 4 is 17.7 Å². The number of ether oxygens (including phenoxy) is 2. The molecule has 3 amide bonds. The fourth-order valence-corrected chi connectivity index (χ4v) is 4.02. The predicted molar refractivity (Wildman–Crippen MR) is 116 cm³/mol. The summed E-state index contributed by atoms with van der Waals surface area (Å²) in [6, 6.07) is 7.64. The lowest BCUT2D eigenvalue weighted by atomic mass is 9.74. The molecule has 0 radical (unpaired) electrons. The van der Waals surface area contributed by atoms with Gasteiger partial charge in [0.25, 0.3) is 5.91 Å². The first-order valence-corrected chi connectivity index (χ1v) is 10.7. The lowest BCUT2D eigenvalue weighted by Crippen LogP contribution is -2.51. The van der Waals surface area contributed by atoms with Crippen LogP contribution < -0.4 is 15.4 Å². The van der Waals surface area contributed by atoms with Crippen LogP contribution in [0.5, 0.6) is 5.75 Å². The van der Waals surface area contributed by atoms with E-state index in [1.165, 1.54) is 7.11 Å². The third-order valence-electron chi connectivity index (χ3n) is 5.90. The monoisotopic (exact) mass is 429 g/mol. The average molecular weight is 430 g/mol. The van der Waals surface area contributed by atoms with Gasteiger partial charge in [0.1, 0.15) is 12.4 Å². The Morgan fingerprint density at radius 1 is 1.13 bits per heavy atom. The summed E-state index contributed by atoms with van der Waals surface area (Å²) < 4.78 is 10.6. The van der Waals surface area contributed by atoms with Crippen LogP contribution in [0.1, 0.15) is 24.8 Å². The maximum atomic E-state index is 13.1. The first-order valence-electron chi connectivity index (χ1n) is 10.7. The van der Waals surface area contributed by atoms with Crippen molar-refractivity contribution in [1.29, 1.82) is 0 Å². The summed E-state index contributed by atoms with van der Waals surface area (Å²) in [6.45, 7) is 1.72. The molecule has 1 fully saturated rings. The Balaban J connectivity index is 1.74. The zero-order valence-electron chi connectivity index (χ0n) is 18.0. The molecule has 1 saturated heterocycles. The molecule has 0 aromatic heterocycles. The number of rotatable bonds is 2. The van der Waals surface area contributed by atoms with Crippen molar-refractivity contribution in [2.24, 2.45) is 5.41 Å². The molecule has 2 aliphatic rings. The van der Waals surface area contributed by atoms with E-state index in [9.17, 15) is 14.4 Å². The molecule has 1 aromatic rings. The van der Waals surface area contributed by atoms with E-state index in [2.05, 4.69) is 10.6 Å². The number of fused-ring (bicyclic) bond motifs is 1. The van der Waals surface area contributed by atoms with Crippen LogP contribution in [-0.4, -0.2) is 69.1 Å². The van der Waals surface area contributed by atoms with Gasteiger partial charge in [-0.05, 0) is 37.3 Å². The minimum atomic E-state index is -0.569. The number of benzene rings is 1. The Morgan fingerprint density at radius 2 is 1.87 bits per heavy atom. The van der Waals surface area contributed by atoms with E-state index in [4.69, 9.17) is 9.47 Å². The second-order valence-electron chi connectivity index (χ2n) is 7.98. The molecular weight excluding hydrogens is 398 g/mol. The lowest BCUT2D eigenvalue weighted by Gasteiger charge is -2.40. The minimum Gasteiger partial charge on any atom is -0.483 e. The van der Waals surface area contributed by atoms with Gasteiger partial charge in [-0.3, -0.25) is 14.4 Å². The smallest absolute Gasteiger partial charge is 0.258 e. The van der Waals surface area contributed by atoms with Crippen LogP contribution in [0.15, 0.2) is 36.4 Å². The van der Waals surface area contributed by atoms with Crippen LogP contribution in [0.2, 0.25) is 0 Å². The van der Waals surface area contributed by atoms with Gasteiger partial charge in [-0.1, -0.05) is 30.4 Å². The molecule has 1 aromatic carbocycles. The lowest BCUT2D eigenvalue weighted by molar-refractivity contribution is -0.142. The van der Waals surface area contributed by atoms with Gasteiger partial charge in [0.05, 0.1) is 5.41 Å². The summed E-state index contributed by atoms with van der Waals surface area (Å²) in [5.41, 5.74) is 0.417. The summed E-state index contributed by atoms with van der Waals surface area (Å²) in [4.78, 5) is 39.1. The molecule has 0 atom stereocenters. The zero-order valence-corrected chi connectivity index (χ0v) is 18.0. The van der Waals surface area contributed by atoms with Crippen LogP contribution in [0.4, 0.5) is 0 Å². The van der Waals surface area contributed by atoms with E-state index in [0.29, 0.717) is 57.6 Å². The van der Waals surface area contributed by atoms with E-state index < -0.39 is 5.41 Å². The van der Waals surface area contributed by atoms with E-state index in [1.54, 1.807) is 4.90 Å². The van der Waals surface area contributed by atoms with E-state index in [1.807, 2.05) is 36.4 Å². The third-order valence-corrected chi connectivity index (χ3v) is 5.90. The molecule has 0 aliphatic carbocycles. The quantitative estimate of drug-likeness (QED) is 0.685. The highest BCUT2D eigenvalue weighted by Crippen LogP contribution is 2.36. The van der Waals surface area contributed by atoms with Crippen molar-refractivity contribution in [3.63, 3.8) is 0 Å². The second-order valence-corrected chi connectivity index (χ2v) is 7.98. The molecule has 168 valence electrons. The van der Waals surface area contributed by atoms with Crippen molar-refractivity contribution in [1.82, 2.24) is 15.5 Å². The summed E-state index contributed by atoms with van der Waals surface area (Å²) in [7, 11) is 1.50. The molecular formula is C23H31N3O5. The largest absolute Gasteiger partial charge is 0.483 e. The number of para-hydroxylation sites is 1. The van der Waals surface area contributed by atoms with Gasteiger partial charge >= 0.3 is 0 Å². The highest BCUT2D eigenvalue weighted by molar-refractivity contribution is 5.84. The number of allylic oxidation sites excluding steroid dienone is 2. The number of carbonyl (C=O) groups is 3. The van der Waals surface area contributed by atoms with Crippen molar-refractivity contribution < 1.29 is 23.9 Å². The van der Waals surface area contributed by atoms with Crippen LogP contribution in [0.3, 0.4) is 0 Å². The zero-order chi connectivity index (χ0) is 22.1. The molecule has 1 spiro atoms. The van der Waals surface area contributed by atoms with Gasteiger partial charge in [0.15, 0.2) is 6.61 Å². The Morgan fingerprint density at radius 3 is 2.65 bits per heavy atom. The van der Waals surface area contributed by atoms with Crippen molar-refractivity contribution in [2.45, 2.75) is 25.7 Å². The number of hydrogen-bond donors (Lipinski definition) is 2. The third kappa shape index (κ3) is 6.07. The minimum absolute atomic E-state index is 0.0308. The normalized spacial score (nSPS) is 21.0. The maximum Gasteiger partial charge on any atom is 0.258 e. The number of likely N-dealkylation sites (tertiary alicyclic amines) is 1. The fraction of sp³-hybridized carbons (Fsp3) is 0.522. The van der Waals surface area contributed by atoms with Crippen molar-refractivity contribution in [3.05, 3.63) is 42.0 Å². The van der Waals surface area contributed by atoms with Crippen LogP contribution in [-0.2, 0) is 25.5 Å². The standard InChI is InChI=1S/C23H31N3O5/c1-30-17-21(28)26-14-10-23(11-15-26)9-5-4-7-18-6-2-3-8-19(18)31-16-20(27)24-12-13-25-22(23)29/h2-6,8H,7,9-17H2,1H3,(H,24,27)(H,25,29)/b5-4+. The fourth-order valence-electron chi connectivity index (χ4n) is 4.02. The van der Waals surface area contributed by atoms with Crippen molar-refractivity contribution in [2.75, 3.05) is 46.5 Å². The summed E-state index contributed by atoms with van der Waals surface area (Å²) in [6.07, 6.45) is 6.51. The number of nitrogens with zero attached hydrogens (tertiary/aromatic N) is 1. The average Bonchev–Trinajstić information content (AvgIpc) is 2.79. The number of hydrogen-bond acceptors (Lipinski definition) is 5. The molecule has 8 nitrogen and oxygen atoms in total. The van der Waals surface area contributed by atoms with E-state index in [-0.39, 0.29) is 30.9 Å². The number of carbonyl (C=O) groups excluding carboxylic acids is 3. The van der Waals surface area contributed by atoms with Crippen molar-refractivity contribution in [3.8, 4) is 5.75 Å². The maximum absolute atomic E-state index is 13.1. The van der Waals surface area contributed by atoms with Gasteiger partial charge < -0.3 is 25.0 Å². The van der Waals surface area contributed by atoms with Gasteiger partial charge in [-0.15, -0.1) is 0 Å². The molecule has 8 heteroatoms. The molecule has 31 heavy (non-hydrogen) atoms. The topological polar surface area (TPSA) is 97.0 Å². The Hall–Kier alpha value is -2.87. The highest BCUT2D eigenvalue weighted by atomic mass is 16.5. The summed E-state index contributed by atoms with van der Waals surface area (Å²) >= 11 is 0. The van der Waals surface area contributed by atoms with Gasteiger partial charge in [0, 0.05) is 33.3 Å². The Labute approximate surface area is 183 Å². The second kappa shape index (κ2) is 10.9. The SMILES string of the molecule is COCC(=O)N1CCC2(C/C=C/Cc3ccccc3OCC(=O)NCCNC2=O)CC1. The molecule has 2 aliphatic heterocycles. The highest BCUT2D eigenvalue weighted by Gasteiger charge is 2.41. The molecule has 0 saturated carbocycles. The van der Waals surface area contributed by atoms with Gasteiger partial charge in [0.2, 0.25) is 11.8 Å². The Kier molecular flexibility index (Phi) is 8.06. The summed E-state index contributed by atoms with van der Waals surface area (Å²) in [5, 5.41) is 5.73. The number of methoxy groups -OCH3 is 1. The molecule has 2 N–H and O–H groups in total. The van der Waals surface area contributed by atoms with E-state index in [0.717, 1.165) is 5.56 Å². The van der Waals surface area contributed by atoms with Crippen LogP contribution in [0.25, 0.3) is 0 Å². The van der Waals surface area contributed by atoms with E-state index >= 15 is 0 Å².